The van der Waals surface area contributed by atoms with Crippen LogP contribution in [0.1, 0.15) is 12.5 Å². The molecular weight excluding hydrogens is 304 g/mol. The first-order valence-corrected chi connectivity index (χ1v) is 8.16. The van der Waals surface area contributed by atoms with Gasteiger partial charge in [-0.25, -0.2) is 4.98 Å². The van der Waals surface area contributed by atoms with E-state index in [2.05, 4.69) is 14.9 Å². The van der Waals surface area contributed by atoms with Gasteiger partial charge in [0.15, 0.2) is 6.10 Å². The topological polar surface area (TPSA) is 58.6 Å². The van der Waals surface area contributed by atoms with Gasteiger partial charge in [0, 0.05) is 38.6 Å². The Morgan fingerprint density at radius 3 is 2.46 bits per heavy atom. The van der Waals surface area contributed by atoms with Crippen LogP contribution in [-0.2, 0) is 4.79 Å². The normalized spacial score (nSPS) is 15.9. The highest BCUT2D eigenvalue weighted by molar-refractivity contribution is 5.81. The zero-order chi connectivity index (χ0) is 16.9. The molecule has 1 saturated heterocycles. The minimum atomic E-state index is -0.490. The number of carbonyl (C=O) groups excluding carboxylic acids is 1. The van der Waals surface area contributed by atoms with Gasteiger partial charge in [0.25, 0.3) is 5.91 Å². The molecule has 1 aromatic carbocycles. The number of aromatic nitrogens is 2. The van der Waals surface area contributed by atoms with E-state index in [0.717, 1.165) is 24.7 Å². The smallest absolute Gasteiger partial charge is 0.263 e. The molecule has 1 aliphatic rings. The lowest BCUT2D eigenvalue weighted by Crippen LogP contribution is -2.52. The molecule has 1 fully saturated rings. The second-order valence-electron chi connectivity index (χ2n) is 5.95. The Hall–Kier alpha value is -2.63. The molecule has 0 radical (unpaired) electrons. The molecule has 2 aromatic rings. The van der Waals surface area contributed by atoms with E-state index in [1.54, 1.807) is 25.5 Å². The lowest BCUT2D eigenvalue weighted by atomic mass is 10.2. The summed E-state index contributed by atoms with van der Waals surface area (Å²) < 4.78 is 5.77. The van der Waals surface area contributed by atoms with Crippen molar-refractivity contribution in [2.75, 3.05) is 31.1 Å². The maximum Gasteiger partial charge on any atom is 0.263 e. The molecule has 1 atom stereocenters. The lowest BCUT2D eigenvalue weighted by molar-refractivity contribution is -0.138. The number of aryl methyl sites for hydroxylation is 1. The first-order chi connectivity index (χ1) is 11.6. The Morgan fingerprint density at radius 1 is 1.12 bits per heavy atom. The minimum Gasteiger partial charge on any atom is -0.481 e. The summed E-state index contributed by atoms with van der Waals surface area (Å²) >= 11 is 0. The summed E-state index contributed by atoms with van der Waals surface area (Å²) in [7, 11) is 0. The quantitative estimate of drug-likeness (QED) is 0.859. The van der Waals surface area contributed by atoms with E-state index in [0.29, 0.717) is 13.1 Å². The molecule has 1 aromatic heterocycles. The van der Waals surface area contributed by atoms with E-state index in [9.17, 15) is 4.79 Å². The van der Waals surface area contributed by atoms with E-state index in [1.807, 2.05) is 36.1 Å². The van der Waals surface area contributed by atoms with Crippen molar-refractivity contribution in [1.29, 1.82) is 0 Å². The van der Waals surface area contributed by atoms with Gasteiger partial charge in [0.2, 0.25) is 0 Å². The van der Waals surface area contributed by atoms with Crippen molar-refractivity contribution >= 4 is 11.7 Å². The monoisotopic (exact) mass is 326 g/mol. The zero-order valence-corrected chi connectivity index (χ0v) is 14.1. The van der Waals surface area contributed by atoms with Crippen molar-refractivity contribution in [3.05, 3.63) is 48.4 Å². The highest BCUT2D eigenvalue weighted by atomic mass is 16.5. The molecular formula is C18H22N4O2. The molecule has 0 spiro atoms. The molecule has 6 heteroatoms. The van der Waals surface area contributed by atoms with Crippen LogP contribution in [0.25, 0.3) is 0 Å². The number of rotatable bonds is 4. The second-order valence-corrected chi connectivity index (χ2v) is 5.95. The number of anilines is 1. The predicted molar refractivity (Wildman–Crippen MR) is 92.1 cm³/mol. The summed E-state index contributed by atoms with van der Waals surface area (Å²) in [5, 5.41) is 0. The second kappa shape index (κ2) is 7.29. The fraction of sp³-hybridized carbons (Fsp3) is 0.389. The van der Waals surface area contributed by atoms with Gasteiger partial charge in [0.1, 0.15) is 11.6 Å². The minimum absolute atomic E-state index is 0.0226. The molecule has 6 nitrogen and oxygen atoms in total. The summed E-state index contributed by atoms with van der Waals surface area (Å²) in [5.74, 6) is 1.60. The molecule has 126 valence electrons. The standard InChI is InChI=1S/C18H22N4O2/c1-14-3-5-16(6-4-14)24-15(2)18(23)22-11-9-21(10-12-22)17-13-19-7-8-20-17/h3-8,13,15H,9-12H2,1-2H3/t15-/m0/s1. The Kier molecular flexibility index (Phi) is 4.93. The zero-order valence-electron chi connectivity index (χ0n) is 14.1. The van der Waals surface area contributed by atoms with Crippen LogP contribution in [0, 0.1) is 6.92 Å². The number of benzene rings is 1. The van der Waals surface area contributed by atoms with Crippen LogP contribution in [0.15, 0.2) is 42.9 Å². The number of nitrogens with zero attached hydrogens (tertiary/aromatic N) is 4. The van der Waals surface area contributed by atoms with Crippen LogP contribution >= 0.6 is 0 Å². The molecule has 0 unspecified atom stereocenters. The third-order valence-corrected chi connectivity index (χ3v) is 4.15. The van der Waals surface area contributed by atoms with Crippen LogP contribution in [0.3, 0.4) is 0 Å². The number of hydrogen-bond donors (Lipinski definition) is 0. The fourth-order valence-corrected chi connectivity index (χ4v) is 2.74. The third kappa shape index (κ3) is 3.82. The summed E-state index contributed by atoms with van der Waals surface area (Å²) in [5.41, 5.74) is 1.17. The number of hydrogen-bond acceptors (Lipinski definition) is 5. The Morgan fingerprint density at radius 2 is 1.83 bits per heavy atom. The molecule has 1 amide bonds. The molecule has 2 heterocycles. The van der Waals surface area contributed by atoms with Crippen molar-refractivity contribution in [3.63, 3.8) is 0 Å². The van der Waals surface area contributed by atoms with Gasteiger partial charge in [0.05, 0.1) is 6.20 Å². The molecule has 0 N–H and O–H groups in total. The van der Waals surface area contributed by atoms with Gasteiger partial charge in [-0.15, -0.1) is 0 Å². The molecule has 24 heavy (non-hydrogen) atoms. The molecule has 0 aliphatic carbocycles. The van der Waals surface area contributed by atoms with Crippen LogP contribution in [-0.4, -0.2) is 53.1 Å². The van der Waals surface area contributed by atoms with Gasteiger partial charge in [-0.2, -0.15) is 0 Å². The van der Waals surface area contributed by atoms with Gasteiger partial charge >= 0.3 is 0 Å². The summed E-state index contributed by atoms with van der Waals surface area (Å²) in [4.78, 5) is 25.0. The first-order valence-electron chi connectivity index (χ1n) is 8.16. The average molecular weight is 326 g/mol. The van der Waals surface area contributed by atoms with Crippen molar-refractivity contribution in [1.82, 2.24) is 14.9 Å². The van der Waals surface area contributed by atoms with Crippen LogP contribution in [0.5, 0.6) is 5.75 Å². The summed E-state index contributed by atoms with van der Waals surface area (Å²) in [6.07, 6.45) is 4.61. The Bertz CT molecular complexity index is 667. The maximum absolute atomic E-state index is 12.6. The largest absolute Gasteiger partial charge is 0.481 e. The van der Waals surface area contributed by atoms with E-state index in [-0.39, 0.29) is 5.91 Å². The molecule has 3 rings (SSSR count). The van der Waals surface area contributed by atoms with E-state index in [4.69, 9.17) is 4.74 Å². The number of amides is 1. The molecule has 0 bridgehead atoms. The van der Waals surface area contributed by atoms with Crippen LogP contribution in [0.2, 0.25) is 0 Å². The SMILES string of the molecule is Cc1ccc(O[C@@H](C)C(=O)N2CCN(c3cnccn3)CC2)cc1. The predicted octanol–water partition coefficient (Wildman–Crippen LogP) is 1.90. The first kappa shape index (κ1) is 16.2. The van der Waals surface area contributed by atoms with Crippen LogP contribution in [0.4, 0.5) is 5.82 Å². The molecule has 1 aliphatic heterocycles. The van der Waals surface area contributed by atoms with Crippen molar-refractivity contribution in [2.24, 2.45) is 0 Å². The van der Waals surface area contributed by atoms with E-state index in [1.165, 1.54) is 5.56 Å². The van der Waals surface area contributed by atoms with Gasteiger partial charge in [-0.3, -0.25) is 9.78 Å². The summed E-state index contributed by atoms with van der Waals surface area (Å²) in [6.45, 7) is 6.66. The average Bonchev–Trinajstić information content (AvgIpc) is 2.64. The van der Waals surface area contributed by atoms with Crippen LogP contribution < -0.4 is 9.64 Å². The number of piperazine rings is 1. The fourth-order valence-electron chi connectivity index (χ4n) is 2.74. The Balaban J connectivity index is 1.53. The Labute approximate surface area is 142 Å². The highest BCUT2D eigenvalue weighted by Gasteiger charge is 2.26. The lowest BCUT2D eigenvalue weighted by Gasteiger charge is -2.36. The van der Waals surface area contributed by atoms with Gasteiger partial charge < -0.3 is 14.5 Å². The van der Waals surface area contributed by atoms with E-state index < -0.39 is 6.10 Å². The van der Waals surface area contributed by atoms with Gasteiger partial charge in [-0.05, 0) is 26.0 Å². The van der Waals surface area contributed by atoms with E-state index >= 15 is 0 Å². The third-order valence-electron chi connectivity index (χ3n) is 4.15. The number of carbonyl (C=O) groups is 1. The highest BCUT2D eigenvalue weighted by Crippen LogP contribution is 2.16. The van der Waals surface area contributed by atoms with Crippen molar-refractivity contribution in [2.45, 2.75) is 20.0 Å². The van der Waals surface area contributed by atoms with Crippen molar-refractivity contribution < 1.29 is 9.53 Å². The number of ether oxygens (including phenoxy) is 1. The van der Waals surface area contributed by atoms with Crippen molar-refractivity contribution in [3.8, 4) is 5.75 Å². The van der Waals surface area contributed by atoms with Gasteiger partial charge in [-0.1, -0.05) is 17.7 Å². The maximum atomic E-state index is 12.6. The molecule has 0 saturated carbocycles. The summed E-state index contributed by atoms with van der Waals surface area (Å²) in [6, 6.07) is 7.74.